The van der Waals surface area contributed by atoms with Crippen LogP contribution in [0.3, 0.4) is 0 Å². The summed E-state index contributed by atoms with van der Waals surface area (Å²) in [6.45, 7) is 4.38. The van der Waals surface area contributed by atoms with Gasteiger partial charge in [-0.2, -0.15) is 0 Å². The number of amides is 1. The van der Waals surface area contributed by atoms with E-state index in [1.54, 1.807) is 6.26 Å². The average molecular weight is 341 g/mol. The Kier molecular flexibility index (Phi) is 4.81. The molecule has 0 radical (unpaired) electrons. The molecule has 3 atom stereocenters. The van der Waals surface area contributed by atoms with Crippen LogP contribution in [0.15, 0.2) is 47.2 Å². The molecule has 1 amide bonds. The number of aromatic nitrogens is 1. The summed E-state index contributed by atoms with van der Waals surface area (Å²) < 4.78 is 11.0. The second kappa shape index (κ2) is 7.37. The zero-order valence-electron chi connectivity index (χ0n) is 14.1. The minimum absolute atomic E-state index is 0.0609. The van der Waals surface area contributed by atoms with Gasteiger partial charge in [0.05, 0.1) is 37.6 Å². The van der Waals surface area contributed by atoms with Gasteiger partial charge >= 0.3 is 0 Å². The fourth-order valence-corrected chi connectivity index (χ4v) is 3.93. The first-order chi connectivity index (χ1) is 12.3. The summed E-state index contributed by atoms with van der Waals surface area (Å²) in [5.74, 6) is 1.49. The van der Waals surface area contributed by atoms with Gasteiger partial charge in [-0.15, -0.1) is 0 Å². The maximum atomic E-state index is 12.6. The summed E-state index contributed by atoms with van der Waals surface area (Å²) in [6, 6.07) is 9.68. The first-order valence-corrected chi connectivity index (χ1v) is 8.79. The fraction of sp³-hybridized carbons (Fsp3) is 0.474. The number of pyridine rings is 1. The Labute approximate surface area is 147 Å². The fourth-order valence-electron chi connectivity index (χ4n) is 3.93. The number of rotatable bonds is 5. The van der Waals surface area contributed by atoms with E-state index >= 15 is 0 Å². The number of carbonyl (C=O) groups is 1. The topological polar surface area (TPSA) is 67.6 Å². The lowest BCUT2D eigenvalue weighted by Crippen LogP contribution is -2.44. The smallest absolute Gasteiger partial charge is 0.226 e. The van der Waals surface area contributed by atoms with Gasteiger partial charge in [0.1, 0.15) is 5.76 Å². The molecule has 0 aliphatic carbocycles. The zero-order valence-corrected chi connectivity index (χ0v) is 14.1. The van der Waals surface area contributed by atoms with E-state index in [4.69, 9.17) is 9.15 Å². The van der Waals surface area contributed by atoms with E-state index in [1.165, 1.54) is 0 Å². The summed E-state index contributed by atoms with van der Waals surface area (Å²) in [6.07, 6.45) is 3.44. The third-order valence-electron chi connectivity index (χ3n) is 5.18. The molecule has 2 aromatic heterocycles. The van der Waals surface area contributed by atoms with Gasteiger partial charge in [-0.05, 0) is 36.1 Å². The van der Waals surface area contributed by atoms with Crippen LogP contribution < -0.4 is 5.32 Å². The van der Waals surface area contributed by atoms with Gasteiger partial charge in [0.25, 0.3) is 0 Å². The number of hydrogen-bond donors (Lipinski definition) is 1. The molecule has 4 heterocycles. The lowest BCUT2D eigenvalue weighted by molar-refractivity contribution is -0.133. The predicted molar refractivity (Wildman–Crippen MR) is 91.4 cm³/mol. The molecular weight excluding hydrogens is 318 g/mol. The molecule has 0 aromatic carbocycles. The Balaban J connectivity index is 1.36. The van der Waals surface area contributed by atoms with Crippen molar-refractivity contribution in [3.8, 4) is 0 Å². The van der Waals surface area contributed by atoms with Crippen molar-refractivity contribution < 1.29 is 13.9 Å². The number of nitrogens with one attached hydrogen (secondary N) is 1. The molecule has 0 saturated carbocycles. The van der Waals surface area contributed by atoms with Crippen LogP contribution in [0.2, 0.25) is 0 Å². The highest BCUT2D eigenvalue weighted by Gasteiger charge is 2.43. The second-order valence-electron chi connectivity index (χ2n) is 6.88. The molecule has 1 N–H and O–H groups in total. The molecular formula is C19H23N3O3. The number of furan rings is 1. The van der Waals surface area contributed by atoms with Crippen molar-refractivity contribution in [2.24, 2.45) is 17.8 Å². The van der Waals surface area contributed by atoms with Gasteiger partial charge in [-0.25, -0.2) is 0 Å². The number of hydrogen-bond acceptors (Lipinski definition) is 5. The Morgan fingerprint density at radius 2 is 2.20 bits per heavy atom. The van der Waals surface area contributed by atoms with Gasteiger partial charge in [-0.3, -0.25) is 14.7 Å². The third kappa shape index (κ3) is 3.75. The largest absolute Gasteiger partial charge is 0.467 e. The second-order valence-corrected chi connectivity index (χ2v) is 6.88. The molecule has 0 unspecified atom stereocenters. The predicted octanol–water partition coefficient (Wildman–Crippen LogP) is 1.69. The molecule has 0 spiro atoms. The van der Waals surface area contributed by atoms with Crippen LogP contribution in [-0.2, 0) is 22.6 Å². The Morgan fingerprint density at radius 1 is 1.24 bits per heavy atom. The van der Waals surface area contributed by atoms with E-state index in [2.05, 4.69) is 15.2 Å². The molecule has 25 heavy (non-hydrogen) atoms. The molecule has 6 nitrogen and oxygen atoms in total. The Morgan fingerprint density at radius 3 is 3.00 bits per heavy atom. The number of ether oxygens (including phenoxy) is 1. The standard InChI is InChI=1S/C19H23N3O3/c23-19(21-8-16-5-3-7-25-16)18-13-24-12-14-9-22(11-17(14)18)10-15-4-1-2-6-20-15/h1-7,14,17-18H,8-13H2,(H,21,23)/t14-,17-,18-/m1/s1. The van der Waals surface area contributed by atoms with Crippen molar-refractivity contribution in [2.45, 2.75) is 13.1 Å². The third-order valence-corrected chi connectivity index (χ3v) is 5.18. The van der Waals surface area contributed by atoms with Crippen molar-refractivity contribution in [3.63, 3.8) is 0 Å². The van der Waals surface area contributed by atoms with Gasteiger partial charge in [0.2, 0.25) is 5.91 Å². The lowest BCUT2D eigenvalue weighted by Gasteiger charge is -2.31. The van der Waals surface area contributed by atoms with Crippen LogP contribution >= 0.6 is 0 Å². The van der Waals surface area contributed by atoms with Crippen molar-refractivity contribution >= 4 is 5.91 Å². The van der Waals surface area contributed by atoms with Crippen LogP contribution in [0.25, 0.3) is 0 Å². The first kappa shape index (κ1) is 16.3. The number of likely N-dealkylation sites (tertiary alicyclic amines) is 1. The molecule has 2 fully saturated rings. The van der Waals surface area contributed by atoms with E-state index in [-0.39, 0.29) is 11.8 Å². The number of carbonyl (C=O) groups excluding carboxylic acids is 1. The maximum Gasteiger partial charge on any atom is 0.226 e. The minimum atomic E-state index is -0.0950. The molecule has 2 aromatic rings. The summed E-state index contributed by atoms with van der Waals surface area (Å²) in [5.41, 5.74) is 1.07. The van der Waals surface area contributed by atoms with Crippen LogP contribution in [0, 0.1) is 17.8 Å². The summed E-state index contributed by atoms with van der Waals surface area (Å²) in [4.78, 5) is 19.4. The molecule has 4 rings (SSSR count). The van der Waals surface area contributed by atoms with E-state index < -0.39 is 0 Å². The normalized spacial score (nSPS) is 26.3. The first-order valence-electron chi connectivity index (χ1n) is 8.79. The molecule has 132 valence electrons. The highest BCUT2D eigenvalue weighted by molar-refractivity contribution is 5.79. The van der Waals surface area contributed by atoms with E-state index in [0.29, 0.717) is 25.0 Å². The van der Waals surface area contributed by atoms with Crippen LogP contribution in [0.1, 0.15) is 11.5 Å². The average Bonchev–Trinajstić information content (AvgIpc) is 3.29. The molecule has 6 heteroatoms. The highest BCUT2D eigenvalue weighted by Crippen LogP contribution is 2.34. The zero-order chi connectivity index (χ0) is 17.1. The molecule has 0 bridgehead atoms. The quantitative estimate of drug-likeness (QED) is 0.896. The van der Waals surface area contributed by atoms with E-state index in [1.807, 2.05) is 36.5 Å². The molecule has 2 aliphatic heterocycles. The number of nitrogens with zero attached hydrogens (tertiary/aromatic N) is 2. The van der Waals surface area contributed by atoms with Crippen molar-refractivity contribution in [2.75, 3.05) is 26.3 Å². The SMILES string of the molecule is O=C(NCc1ccco1)[C@@H]1COC[C@H]2CN(Cc3ccccn3)C[C@H]21. The molecule has 2 aliphatic rings. The summed E-state index contributed by atoms with van der Waals surface area (Å²) >= 11 is 0. The van der Waals surface area contributed by atoms with Crippen molar-refractivity contribution in [1.82, 2.24) is 15.2 Å². The Hall–Kier alpha value is -2.18. The minimum Gasteiger partial charge on any atom is -0.467 e. The van der Waals surface area contributed by atoms with Gasteiger partial charge in [0.15, 0.2) is 0 Å². The lowest BCUT2D eigenvalue weighted by atomic mass is 9.82. The van der Waals surface area contributed by atoms with Gasteiger partial charge < -0.3 is 14.5 Å². The summed E-state index contributed by atoms with van der Waals surface area (Å²) in [7, 11) is 0. The summed E-state index contributed by atoms with van der Waals surface area (Å²) in [5, 5.41) is 2.99. The Bertz CT molecular complexity index is 689. The monoisotopic (exact) mass is 341 g/mol. The van der Waals surface area contributed by atoms with Crippen molar-refractivity contribution in [3.05, 3.63) is 54.2 Å². The van der Waals surface area contributed by atoms with Crippen LogP contribution in [0.4, 0.5) is 0 Å². The molecule has 2 saturated heterocycles. The highest BCUT2D eigenvalue weighted by atomic mass is 16.5. The van der Waals surface area contributed by atoms with Gasteiger partial charge in [0, 0.05) is 25.8 Å². The van der Waals surface area contributed by atoms with E-state index in [9.17, 15) is 4.79 Å². The van der Waals surface area contributed by atoms with Crippen LogP contribution in [0.5, 0.6) is 0 Å². The van der Waals surface area contributed by atoms with Crippen molar-refractivity contribution in [1.29, 1.82) is 0 Å². The van der Waals surface area contributed by atoms with Gasteiger partial charge in [-0.1, -0.05) is 6.07 Å². The van der Waals surface area contributed by atoms with E-state index in [0.717, 1.165) is 37.7 Å². The maximum absolute atomic E-state index is 12.6. The number of fused-ring (bicyclic) bond motifs is 1. The van der Waals surface area contributed by atoms with Crippen LogP contribution in [-0.4, -0.2) is 42.1 Å².